The molecule has 0 aliphatic carbocycles. The zero-order valence-corrected chi connectivity index (χ0v) is 14.3. The number of para-hydroxylation sites is 2. The van der Waals surface area contributed by atoms with E-state index in [9.17, 15) is 9.59 Å². The lowest BCUT2D eigenvalue weighted by molar-refractivity contribution is -0.137. The van der Waals surface area contributed by atoms with Crippen molar-refractivity contribution in [3.05, 3.63) is 52.5 Å². The maximum atomic E-state index is 12.1. The molecular weight excluding hydrogens is 369 g/mol. The molecule has 25 heavy (non-hydrogen) atoms. The smallest absolute Gasteiger partial charge is 0.271 e. The lowest BCUT2D eigenvalue weighted by atomic mass is 10.2. The lowest BCUT2D eigenvalue weighted by Gasteiger charge is -2.25. The molecule has 0 bridgehead atoms. The highest BCUT2D eigenvalue weighted by Gasteiger charge is 2.28. The molecule has 0 radical (unpaired) electrons. The first kappa shape index (κ1) is 17.4. The second-order valence-electron chi connectivity index (χ2n) is 5.14. The summed E-state index contributed by atoms with van der Waals surface area (Å²) in [5.74, 6) is 0.0627. The van der Waals surface area contributed by atoms with Gasteiger partial charge in [-0.3, -0.25) is 14.9 Å². The molecule has 1 aliphatic rings. The van der Waals surface area contributed by atoms with Gasteiger partial charge in [-0.1, -0.05) is 35.3 Å². The Bertz CT molecular complexity index is 811. The first-order valence-electron chi connectivity index (χ1n) is 7.33. The average Bonchev–Trinajstić information content (AvgIpc) is 2.60. The van der Waals surface area contributed by atoms with Crippen molar-refractivity contribution in [1.29, 1.82) is 0 Å². The van der Waals surface area contributed by atoms with Crippen LogP contribution in [0.1, 0.15) is 0 Å². The summed E-state index contributed by atoms with van der Waals surface area (Å²) in [6, 6.07) is 11.6. The third-order valence-corrected chi connectivity index (χ3v) is 3.85. The Morgan fingerprint density at radius 3 is 2.68 bits per heavy atom. The fourth-order valence-corrected chi connectivity index (χ4v) is 2.60. The molecule has 0 spiro atoms. The number of halogens is 2. The van der Waals surface area contributed by atoms with E-state index in [2.05, 4.69) is 5.32 Å². The van der Waals surface area contributed by atoms with Gasteiger partial charge in [-0.15, -0.1) is 0 Å². The van der Waals surface area contributed by atoms with Gasteiger partial charge in [0.1, 0.15) is 12.4 Å². The largest absolute Gasteiger partial charge is 0.485 e. The maximum absolute atomic E-state index is 12.1. The summed E-state index contributed by atoms with van der Waals surface area (Å²) in [6.45, 7) is -0.364. The molecule has 2 amide bonds. The van der Waals surface area contributed by atoms with E-state index in [1.807, 2.05) is 0 Å². The zero-order valence-electron chi connectivity index (χ0n) is 12.8. The summed E-state index contributed by atoms with van der Waals surface area (Å²) in [5, 5.41) is 2.93. The van der Waals surface area contributed by atoms with Gasteiger partial charge in [0.25, 0.3) is 11.8 Å². The van der Waals surface area contributed by atoms with Gasteiger partial charge in [-0.05, 0) is 30.3 Å². The van der Waals surface area contributed by atoms with E-state index in [1.165, 1.54) is 12.1 Å². The Labute approximate surface area is 153 Å². The Morgan fingerprint density at radius 1 is 1.16 bits per heavy atom. The normalized spacial score (nSPS) is 15.4. The lowest BCUT2D eigenvalue weighted by Crippen LogP contribution is -2.47. The van der Waals surface area contributed by atoms with Crippen molar-refractivity contribution >= 4 is 35.0 Å². The second kappa shape index (κ2) is 7.63. The minimum absolute atomic E-state index is 0.0139. The number of benzene rings is 2. The van der Waals surface area contributed by atoms with Crippen molar-refractivity contribution in [2.45, 2.75) is 6.10 Å². The van der Waals surface area contributed by atoms with Gasteiger partial charge in [0, 0.05) is 5.02 Å². The summed E-state index contributed by atoms with van der Waals surface area (Å²) < 4.78 is 16.2. The van der Waals surface area contributed by atoms with Crippen LogP contribution in [0.4, 0.5) is 0 Å². The van der Waals surface area contributed by atoms with Crippen molar-refractivity contribution in [1.82, 2.24) is 5.32 Å². The first-order valence-corrected chi connectivity index (χ1v) is 8.08. The van der Waals surface area contributed by atoms with E-state index in [1.54, 1.807) is 30.3 Å². The van der Waals surface area contributed by atoms with Crippen LogP contribution in [0.2, 0.25) is 10.0 Å². The number of amides is 2. The number of imide groups is 1. The van der Waals surface area contributed by atoms with Crippen LogP contribution in [-0.2, 0) is 9.59 Å². The molecule has 2 aromatic carbocycles. The van der Waals surface area contributed by atoms with Gasteiger partial charge >= 0.3 is 0 Å². The number of hydrogen-bond donors (Lipinski definition) is 1. The molecule has 0 saturated heterocycles. The Balaban J connectivity index is 1.52. The van der Waals surface area contributed by atoms with Crippen LogP contribution in [-0.4, -0.2) is 31.1 Å². The number of ether oxygens (including phenoxy) is 3. The van der Waals surface area contributed by atoms with Crippen molar-refractivity contribution in [2.24, 2.45) is 0 Å². The van der Waals surface area contributed by atoms with E-state index in [4.69, 9.17) is 37.4 Å². The molecule has 0 aromatic heterocycles. The van der Waals surface area contributed by atoms with Gasteiger partial charge in [0.2, 0.25) is 6.10 Å². The third-order valence-electron chi connectivity index (χ3n) is 3.32. The minimum Gasteiger partial charge on any atom is -0.485 e. The van der Waals surface area contributed by atoms with E-state index < -0.39 is 17.9 Å². The number of carbonyl (C=O) groups excluding carboxylic acids is 2. The highest BCUT2D eigenvalue weighted by atomic mass is 35.5. The van der Waals surface area contributed by atoms with E-state index in [0.29, 0.717) is 22.3 Å². The molecule has 0 unspecified atom stereocenters. The summed E-state index contributed by atoms with van der Waals surface area (Å²) in [4.78, 5) is 24.0. The molecule has 0 fully saturated rings. The first-order chi connectivity index (χ1) is 12.0. The van der Waals surface area contributed by atoms with Gasteiger partial charge in [-0.2, -0.15) is 0 Å². The fraction of sp³-hybridized carbons (Fsp3) is 0.176. The summed E-state index contributed by atoms with van der Waals surface area (Å²) >= 11 is 11.7. The third kappa shape index (κ3) is 4.35. The fourth-order valence-electron chi connectivity index (χ4n) is 2.14. The molecular formula is C17H13Cl2NO5. The van der Waals surface area contributed by atoms with E-state index in [-0.39, 0.29) is 18.2 Å². The van der Waals surface area contributed by atoms with E-state index in [0.717, 1.165) is 0 Å². The van der Waals surface area contributed by atoms with Crippen molar-refractivity contribution in [3.8, 4) is 17.2 Å². The van der Waals surface area contributed by atoms with Crippen LogP contribution in [0.15, 0.2) is 42.5 Å². The predicted octanol–water partition coefficient (Wildman–Crippen LogP) is 2.86. The van der Waals surface area contributed by atoms with Crippen LogP contribution in [0.25, 0.3) is 0 Å². The van der Waals surface area contributed by atoms with Gasteiger partial charge in [-0.25, -0.2) is 0 Å². The number of carbonyl (C=O) groups is 2. The summed E-state index contributed by atoms with van der Waals surface area (Å²) in [7, 11) is 0. The molecule has 0 saturated carbocycles. The highest BCUT2D eigenvalue weighted by Crippen LogP contribution is 2.31. The zero-order chi connectivity index (χ0) is 17.8. The highest BCUT2D eigenvalue weighted by molar-refractivity contribution is 6.35. The maximum Gasteiger partial charge on any atom is 0.271 e. The number of rotatable bonds is 4. The Kier molecular flexibility index (Phi) is 5.31. The molecule has 3 rings (SSSR count). The standard InChI is InChI=1S/C17H13Cl2NO5/c18-10-5-6-12(11(19)7-10)24-9-16(21)20-17(22)15-8-23-13-3-1-2-4-14(13)25-15/h1-7,15H,8-9H2,(H,20,21,22)/t15-/m0/s1. The van der Waals surface area contributed by atoms with Gasteiger partial charge in [0.15, 0.2) is 18.1 Å². The number of nitrogens with one attached hydrogen (secondary N) is 1. The van der Waals surface area contributed by atoms with Gasteiger partial charge < -0.3 is 14.2 Å². The van der Waals surface area contributed by atoms with Gasteiger partial charge in [0.05, 0.1) is 5.02 Å². The number of hydrogen-bond acceptors (Lipinski definition) is 5. The van der Waals surface area contributed by atoms with Crippen LogP contribution in [0.3, 0.4) is 0 Å². The summed E-state index contributed by atoms with van der Waals surface area (Å²) in [5.41, 5.74) is 0. The molecule has 130 valence electrons. The molecule has 1 aliphatic heterocycles. The molecule has 2 aromatic rings. The Morgan fingerprint density at radius 2 is 1.92 bits per heavy atom. The molecule has 1 heterocycles. The molecule has 8 heteroatoms. The minimum atomic E-state index is -0.919. The predicted molar refractivity (Wildman–Crippen MR) is 91.5 cm³/mol. The monoisotopic (exact) mass is 381 g/mol. The average molecular weight is 382 g/mol. The van der Waals surface area contributed by atoms with Crippen LogP contribution in [0, 0.1) is 0 Å². The number of fused-ring (bicyclic) bond motifs is 1. The Hall–Kier alpha value is -2.44. The van der Waals surface area contributed by atoms with Crippen molar-refractivity contribution in [3.63, 3.8) is 0 Å². The quantitative estimate of drug-likeness (QED) is 0.881. The SMILES string of the molecule is O=C(COc1ccc(Cl)cc1Cl)NC(=O)[C@@H]1COc2ccccc2O1. The van der Waals surface area contributed by atoms with Crippen LogP contribution in [0.5, 0.6) is 17.2 Å². The van der Waals surface area contributed by atoms with Crippen LogP contribution >= 0.6 is 23.2 Å². The molecule has 1 atom stereocenters. The summed E-state index contributed by atoms with van der Waals surface area (Å²) in [6.07, 6.45) is -0.919. The second-order valence-corrected chi connectivity index (χ2v) is 5.98. The molecule has 1 N–H and O–H groups in total. The van der Waals surface area contributed by atoms with E-state index >= 15 is 0 Å². The van der Waals surface area contributed by atoms with Crippen molar-refractivity contribution in [2.75, 3.05) is 13.2 Å². The topological polar surface area (TPSA) is 73.9 Å². The van der Waals surface area contributed by atoms with Crippen molar-refractivity contribution < 1.29 is 23.8 Å². The molecule has 6 nitrogen and oxygen atoms in total. The van der Waals surface area contributed by atoms with Crippen LogP contribution < -0.4 is 19.5 Å².